The van der Waals surface area contributed by atoms with Crippen LogP contribution in [0.2, 0.25) is 0 Å². The van der Waals surface area contributed by atoms with E-state index in [-0.39, 0.29) is 5.41 Å². The molecule has 3 aliphatic rings. The van der Waals surface area contributed by atoms with Crippen LogP contribution in [-0.2, 0) is 29.2 Å². The van der Waals surface area contributed by atoms with Crippen molar-refractivity contribution in [1.29, 1.82) is 0 Å². The molecule has 229 valence electrons. The summed E-state index contributed by atoms with van der Waals surface area (Å²) < 4.78 is 3.26. The fourth-order valence-corrected chi connectivity index (χ4v) is 12.2. The maximum absolute atomic E-state index is 2.70. The number of benzene rings is 3. The first-order chi connectivity index (χ1) is 21.7. The number of hydrogen-bond donors (Lipinski definition) is 0. The number of rotatable bonds is 9. The minimum atomic E-state index is -1.34. The van der Waals surface area contributed by atoms with E-state index in [9.17, 15) is 0 Å². The third-order valence-corrected chi connectivity index (χ3v) is 14.4. The Kier molecular flexibility index (Phi) is 9.32. The Hall–Kier alpha value is -2.89. The molecular weight excluding hydrogens is 620 g/mol. The van der Waals surface area contributed by atoms with E-state index in [1.54, 1.807) is 23.2 Å². The Morgan fingerprint density at radius 3 is 1.96 bits per heavy atom. The van der Waals surface area contributed by atoms with Gasteiger partial charge in [0.05, 0.1) is 0 Å². The van der Waals surface area contributed by atoms with Crippen LogP contribution in [0, 0.1) is 17.3 Å². The van der Waals surface area contributed by atoms with Gasteiger partial charge in [-0.2, -0.15) is 0 Å². The molecule has 45 heavy (non-hydrogen) atoms. The fraction of sp³-hybridized carbons (Fsp3) is 0.341. The van der Waals surface area contributed by atoms with E-state index < -0.39 is 22.8 Å². The van der Waals surface area contributed by atoms with E-state index in [2.05, 4.69) is 152 Å². The second-order valence-electron chi connectivity index (χ2n) is 13.9. The van der Waals surface area contributed by atoms with Gasteiger partial charge in [-0.25, -0.2) is 0 Å². The van der Waals surface area contributed by atoms with Gasteiger partial charge in [-0.1, -0.05) is 0 Å². The van der Waals surface area contributed by atoms with Gasteiger partial charge in [-0.15, -0.1) is 0 Å². The molecule has 1 unspecified atom stereocenters. The first-order valence-electron chi connectivity index (χ1n) is 17.2. The van der Waals surface area contributed by atoms with Crippen LogP contribution in [0.25, 0.3) is 8.85 Å². The average molecular weight is 669 g/mol. The zero-order valence-electron chi connectivity index (χ0n) is 28.6. The molecule has 0 fully saturated rings. The van der Waals surface area contributed by atoms with Gasteiger partial charge in [0.2, 0.25) is 0 Å². The summed E-state index contributed by atoms with van der Waals surface area (Å²) in [4.78, 5) is 0. The zero-order chi connectivity index (χ0) is 31.9. The minimum absolute atomic E-state index is 0.0167. The summed E-state index contributed by atoms with van der Waals surface area (Å²) in [6, 6.07) is 27.7. The summed E-state index contributed by atoms with van der Waals surface area (Å²) in [5, 5.41) is 3.07. The van der Waals surface area contributed by atoms with Crippen LogP contribution >= 0.6 is 0 Å². The molecule has 0 aliphatic heterocycles. The van der Waals surface area contributed by atoms with Crippen molar-refractivity contribution < 1.29 is 22.8 Å². The van der Waals surface area contributed by atoms with Crippen molar-refractivity contribution in [3.05, 3.63) is 152 Å². The van der Waals surface area contributed by atoms with E-state index in [1.165, 1.54) is 43.8 Å². The first-order valence-corrected chi connectivity index (χ1v) is 19.7. The molecule has 0 N–H and O–H groups in total. The normalized spacial score (nSPS) is 18.9. The van der Waals surface area contributed by atoms with Crippen molar-refractivity contribution >= 4 is 12.1 Å². The number of hydrogen-bond acceptors (Lipinski definition) is 0. The van der Waals surface area contributed by atoms with Crippen LogP contribution in [0.5, 0.6) is 0 Å². The first kappa shape index (κ1) is 32.1. The van der Waals surface area contributed by atoms with Gasteiger partial charge in [-0.3, -0.25) is 0 Å². The van der Waals surface area contributed by atoms with Crippen molar-refractivity contribution in [1.82, 2.24) is 0 Å². The molecule has 0 radical (unpaired) electrons. The third kappa shape index (κ3) is 5.48. The SMILES string of the molecule is CCc1cc(C(C)C)c2c(c1)=[C]([Zr]=[C](c1ccccc1)c1ccccc1)C1=C(C3=CC=CC3)C(CC)(C(C)C)C(C(C)C)=CC=21. The Bertz CT molecular complexity index is 1850. The van der Waals surface area contributed by atoms with E-state index in [1.807, 2.05) is 0 Å². The molecule has 0 amide bonds. The number of allylic oxidation sites excluding steroid dienone is 8. The molecule has 3 aromatic carbocycles. The van der Waals surface area contributed by atoms with E-state index in [0.717, 1.165) is 19.3 Å². The zero-order valence-corrected chi connectivity index (χ0v) is 31.0. The summed E-state index contributed by atoms with van der Waals surface area (Å²) in [7, 11) is 0. The van der Waals surface area contributed by atoms with Gasteiger partial charge in [-0.05, 0) is 0 Å². The van der Waals surface area contributed by atoms with Crippen LogP contribution in [0.3, 0.4) is 0 Å². The number of aryl methyl sites for hydroxylation is 1. The van der Waals surface area contributed by atoms with E-state index >= 15 is 0 Å². The van der Waals surface area contributed by atoms with Crippen LogP contribution in [0.4, 0.5) is 0 Å². The summed E-state index contributed by atoms with van der Waals surface area (Å²) in [6.07, 6.45) is 13.0. The van der Waals surface area contributed by atoms with Crippen molar-refractivity contribution in [2.24, 2.45) is 17.3 Å². The Morgan fingerprint density at radius 2 is 1.47 bits per heavy atom. The van der Waals surface area contributed by atoms with Crippen LogP contribution < -0.4 is 10.4 Å². The monoisotopic (exact) mass is 667 g/mol. The molecule has 0 bridgehead atoms. The summed E-state index contributed by atoms with van der Waals surface area (Å²) in [5.74, 6) is 1.44. The third-order valence-electron chi connectivity index (χ3n) is 10.5. The molecule has 0 saturated carbocycles. The second-order valence-corrected chi connectivity index (χ2v) is 17.0. The molecule has 0 heterocycles. The van der Waals surface area contributed by atoms with E-state index in [4.69, 9.17) is 0 Å². The molecular formula is C44H49Zr. The standard InChI is InChI=1S/C31H39.C13H10.Zr/c1-9-22-15-24-17-27-26(29(24)25(16-22)19(3)4)18-28(20(5)6)31(10-2,21(7)8)30(27)23-13-11-12-14-23;1-3-7-12(8-4-1)11-13-9-5-2-6-10-13;/h11-13,15-16,18-21H,9-10,14H2,1-8H3;1-10H;. The molecule has 1 atom stereocenters. The van der Waals surface area contributed by atoms with Crippen molar-refractivity contribution in [2.75, 3.05) is 0 Å². The summed E-state index contributed by atoms with van der Waals surface area (Å²) in [6.45, 7) is 19.4. The van der Waals surface area contributed by atoms with Gasteiger partial charge in [0.15, 0.2) is 0 Å². The predicted octanol–water partition coefficient (Wildman–Crippen LogP) is 9.83. The van der Waals surface area contributed by atoms with Gasteiger partial charge in [0, 0.05) is 0 Å². The Morgan fingerprint density at radius 1 is 0.822 bits per heavy atom. The molecule has 3 aliphatic carbocycles. The Labute approximate surface area is 283 Å². The molecule has 1 heteroatoms. The van der Waals surface area contributed by atoms with Crippen LogP contribution in [-0.4, -0.2) is 3.21 Å². The Balaban J connectivity index is 1.87. The quantitative estimate of drug-likeness (QED) is 0.213. The van der Waals surface area contributed by atoms with Crippen LogP contribution in [0.1, 0.15) is 96.4 Å². The molecule has 6 rings (SSSR count). The average Bonchev–Trinajstić information content (AvgIpc) is 3.69. The van der Waals surface area contributed by atoms with Gasteiger partial charge in [0.25, 0.3) is 0 Å². The maximum atomic E-state index is 2.70. The van der Waals surface area contributed by atoms with Gasteiger partial charge in [0.1, 0.15) is 0 Å². The molecule has 0 aromatic heterocycles. The van der Waals surface area contributed by atoms with Crippen molar-refractivity contribution in [3.63, 3.8) is 0 Å². The fourth-order valence-electron chi connectivity index (χ4n) is 8.28. The topological polar surface area (TPSA) is 0 Å². The second kappa shape index (κ2) is 13.1. The van der Waals surface area contributed by atoms with Crippen molar-refractivity contribution in [3.8, 4) is 0 Å². The molecule has 0 spiro atoms. The van der Waals surface area contributed by atoms with Gasteiger partial charge < -0.3 is 0 Å². The van der Waals surface area contributed by atoms with Gasteiger partial charge >= 0.3 is 285 Å². The van der Waals surface area contributed by atoms with Crippen molar-refractivity contribution in [2.45, 2.75) is 80.6 Å². The molecule has 0 saturated heterocycles. The predicted molar refractivity (Wildman–Crippen MR) is 191 cm³/mol. The van der Waals surface area contributed by atoms with Crippen LogP contribution in [0.15, 0.2) is 119 Å². The molecule has 0 nitrogen and oxygen atoms in total. The number of fused-ring (bicyclic) bond motifs is 2. The summed E-state index contributed by atoms with van der Waals surface area (Å²) >= 11 is -1.34. The molecule has 3 aromatic rings. The van der Waals surface area contributed by atoms with E-state index in [0.29, 0.717) is 17.8 Å². The summed E-state index contributed by atoms with van der Waals surface area (Å²) in [5.41, 5.74) is 13.7.